The molecule has 0 fully saturated rings. The molecule has 1 nitrogen and oxygen atoms in total. The molecule has 0 bridgehead atoms. The topological polar surface area (TPSA) is 3.24 Å². The van der Waals surface area contributed by atoms with Gasteiger partial charge in [-0.15, -0.1) is 0 Å². The Balaban J connectivity index is 5.57. The molecule has 94 valence electrons. The van der Waals surface area contributed by atoms with Crippen molar-refractivity contribution in [2.75, 3.05) is 7.05 Å². The van der Waals surface area contributed by atoms with Crippen molar-refractivity contribution < 1.29 is 0 Å². The summed E-state index contributed by atoms with van der Waals surface area (Å²) in [5.74, 6) is 0. The molecule has 0 amide bonds. The predicted octanol–water partition coefficient (Wildman–Crippen LogP) is 4.61. The monoisotopic (exact) mass is 223 g/mol. The van der Waals surface area contributed by atoms with Crippen molar-refractivity contribution in [2.24, 2.45) is 5.41 Å². The molecule has 0 aromatic carbocycles. The molecule has 2 unspecified atom stereocenters. The van der Waals surface area contributed by atoms with Gasteiger partial charge in [-0.05, 0) is 39.8 Å². The van der Waals surface area contributed by atoms with E-state index in [1.54, 1.807) is 0 Å². The summed E-state index contributed by atoms with van der Waals surface area (Å²) >= 11 is 0. The van der Waals surface area contributed by atoms with E-state index >= 15 is 0 Å². The smallest absolute Gasteiger partial charge is 0.0452 e. The highest BCUT2D eigenvalue weighted by Gasteiger charge is 2.44. The third-order valence-electron chi connectivity index (χ3n) is 4.94. The first kappa shape index (κ1) is 15.3. The Bertz CT molecular complexity index is 267. The third-order valence-corrected chi connectivity index (χ3v) is 4.94. The van der Waals surface area contributed by atoms with Gasteiger partial charge >= 0.3 is 0 Å². The maximum absolute atomic E-state index is 3.91. The lowest BCUT2D eigenvalue weighted by Crippen LogP contribution is -2.53. The van der Waals surface area contributed by atoms with Crippen LogP contribution >= 0.6 is 0 Å². The first-order valence-electron chi connectivity index (χ1n) is 6.32. The van der Waals surface area contributed by atoms with Gasteiger partial charge in [-0.2, -0.15) is 0 Å². The summed E-state index contributed by atoms with van der Waals surface area (Å²) < 4.78 is 0. The highest BCUT2D eigenvalue weighted by Crippen LogP contribution is 2.46. The molecule has 0 aliphatic heterocycles. The van der Waals surface area contributed by atoms with Gasteiger partial charge in [-0.3, -0.25) is 0 Å². The fourth-order valence-corrected chi connectivity index (χ4v) is 2.63. The van der Waals surface area contributed by atoms with Crippen molar-refractivity contribution in [1.29, 1.82) is 0 Å². The maximum atomic E-state index is 3.91. The van der Waals surface area contributed by atoms with Crippen LogP contribution in [0.4, 0.5) is 0 Å². The van der Waals surface area contributed by atoms with Gasteiger partial charge in [0.2, 0.25) is 0 Å². The van der Waals surface area contributed by atoms with Gasteiger partial charge < -0.3 is 4.90 Å². The summed E-state index contributed by atoms with van der Waals surface area (Å²) in [5, 5.41) is 0. The van der Waals surface area contributed by atoms with E-state index in [9.17, 15) is 0 Å². The van der Waals surface area contributed by atoms with E-state index in [2.05, 4.69) is 66.1 Å². The minimum atomic E-state index is 0.125. The Labute approximate surface area is 102 Å². The van der Waals surface area contributed by atoms with Gasteiger partial charge in [0.15, 0.2) is 0 Å². The van der Waals surface area contributed by atoms with Crippen molar-refractivity contribution in [1.82, 2.24) is 4.90 Å². The Hall–Kier alpha value is -0.720. The van der Waals surface area contributed by atoms with Crippen molar-refractivity contribution >= 4 is 0 Å². The van der Waals surface area contributed by atoms with Crippen molar-refractivity contribution in [2.45, 2.75) is 59.9 Å². The summed E-state index contributed by atoms with van der Waals surface area (Å²) in [5.41, 5.74) is 1.78. The molecule has 1 heteroatoms. The molecular formula is C15H29N. The Kier molecular flexibility index (Phi) is 5.31. The predicted molar refractivity (Wildman–Crippen MR) is 74.5 cm³/mol. The lowest BCUT2D eigenvalue weighted by Gasteiger charge is -2.52. The molecule has 0 radical (unpaired) electrons. The summed E-state index contributed by atoms with van der Waals surface area (Å²) in [7, 11) is 2.13. The fourth-order valence-electron chi connectivity index (χ4n) is 2.63. The second-order valence-corrected chi connectivity index (χ2v) is 5.08. The second kappa shape index (κ2) is 5.56. The lowest BCUT2D eigenvalue weighted by atomic mass is 9.63. The fraction of sp³-hybridized carbons (Fsp3) is 0.733. The van der Waals surface area contributed by atoms with E-state index in [0.717, 1.165) is 12.8 Å². The van der Waals surface area contributed by atoms with Crippen LogP contribution < -0.4 is 0 Å². The molecule has 0 saturated carbocycles. The quantitative estimate of drug-likeness (QED) is 0.594. The first-order valence-corrected chi connectivity index (χ1v) is 6.32. The van der Waals surface area contributed by atoms with Crippen LogP contribution in [-0.4, -0.2) is 17.5 Å². The number of allylic oxidation sites excluding steroid dienone is 1. The Morgan fingerprint density at radius 3 is 2.00 bits per heavy atom. The van der Waals surface area contributed by atoms with Gasteiger partial charge in [-0.1, -0.05) is 39.0 Å². The zero-order valence-corrected chi connectivity index (χ0v) is 12.2. The molecule has 16 heavy (non-hydrogen) atoms. The molecular weight excluding hydrogens is 194 g/mol. The van der Waals surface area contributed by atoms with Crippen molar-refractivity contribution in [3.8, 4) is 0 Å². The Morgan fingerprint density at radius 2 is 1.75 bits per heavy atom. The molecule has 0 rings (SSSR count). The average Bonchev–Trinajstić information content (AvgIpc) is 2.34. The van der Waals surface area contributed by atoms with Crippen molar-refractivity contribution in [3.05, 3.63) is 24.4 Å². The highest BCUT2D eigenvalue weighted by atomic mass is 15.2. The zero-order chi connectivity index (χ0) is 13.0. The normalized spacial score (nSPS) is 19.8. The number of hydrogen-bond donors (Lipinski definition) is 0. The average molecular weight is 223 g/mol. The SMILES string of the molecule is C=CN(C)C(C)(CC)C(C)(CC)/C(C)=C/C. The van der Waals surface area contributed by atoms with E-state index in [1.165, 1.54) is 5.57 Å². The van der Waals surface area contributed by atoms with Gasteiger partial charge in [0.1, 0.15) is 0 Å². The van der Waals surface area contributed by atoms with Crippen LogP contribution in [0.2, 0.25) is 0 Å². The van der Waals surface area contributed by atoms with Gasteiger partial charge in [0.05, 0.1) is 0 Å². The largest absolute Gasteiger partial charge is 0.375 e. The van der Waals surface area contributed by atoms with Crippen LogP contribution in [0.25, 0.3) is 0 Å². The third kappa shape index (κ3) is 2.18. The summed E-state index contributed by atoms with van der Waals surface area (Å²) in [6, 6.07) is 0. The summed E-state index contributed by atoms with van der Waals surface area (Å²) in [6.45, 7) is 17.5. The molecule has 0 aliphatic rings. The van der Waals surface area contributed by atoms with Crippen LogP contribution in [0.3, 0.4) is 0 Å². The Morgan fingerprint density at radius 1 is 1.25 bits per heavy atom. The number of nitrogens with zero attached hydrogens (tertiary/aromatic N) is 1. The lowest BCUT2D eigenvalue weighted by molar-refractivity contribution is 0.0550. The number of rotatable bonds is 6. The van der Waals surface area contributed by atoms with Gasteiger partial charge in [0.25, 0.3) is 0 Å². The molecule has 0 aromatic heterocycles. The van der Waals surface area contributed by atoms with Crippen LogP contribution in [0.5, 0.6) is 0 Å². The minimum Gasteiger partial charge on any atom is -0.375 e. The second-order valence-electron chi connectivity index (χ2n) is 5.08. The molecule has 2 atom stereocenters. The minimum absolute atomic E-state index is 0.125. The van der Waals surface area contributed by atoms with E-state index in [-0.39, 0.29) is 11.0 Å². The molecule has 0 aliphatic carbocycles. The molecule has 0 spiro atoms. The zero-order valence-electron chi connectivity index (χ0n) is 12.2. The number of hydrogen-bond acceptors (Lipinski definition) is 1. The molecule has 0 aromatic rings. The van der Waals surface area contributed by atoms with E-state index in [0.29, 0.717) is 0 Å². The first-order chi connectivity index (χ1) is 7.33. The van der Waals surface area contributed by atoms with Crippen molar-refractivity contribution in [3.63, 3.8) is 0 Å². The van der Waals surface area contributed by atoms with Crippen LogP contribution in [-0.2, 0) is 0 Å². The van der Waals surface area contributed by atoms with Crippen LogP contribution in [0.1, 0.15) is 54.4 Å². The standard InChI is InChI=1S/C15H29N/c1-9-13(5)14(6,10-2)15(7,11-3)16(8)12-4/h9,12H,4,10-11H2,1-3,5-8H3/b13-9+. The molecule has 0 saturated heterocycles. The maximum Gasteiger partial charge on any atom is 0.0452 e. The van der Waals surface area contributed by atoms with Crippen LogP contribution in [0.15, 0.2) is 24.4 Å². The molecule has 0 N–H and O–H groups in total. The van der Waals surface area contributed by atoms with Gasteiger partial charge in [-0.25, -0.2) is 0 Å². The van der Waals surface area contributed by atoms with E-state index in [1.807, 2.05) is 6.20 Å². The van der Waals surface area contributed by atoms with Gasteiger partial charge in [0, 0.05) is 18.0 Å². The highest BCUT2D eigenvalue weighted by molar-refractivity contribution is 5.19. The van der Waals surface area contributed by atoms with Crippen LogP contribution in [0, 0.1) is 5.41 Å². The molecule has 0 heterocycles. The summed E-state index contributed by atoms with van der Waals surface area (Å²) in [6.07, 6.45) is 6.45. The van der Waals surface area contributed by atoms with E-state index < -0.39 is 0 Å². The summed E-state index contributed by atoms with van der Waals surface area (Å²) in [4.78, 5) is 2.27. The van der Waals surface area contributed by atoms with E-state index in [4.69, 9.17) is 0 Å².